The largest absolute Gasteiger partial charge is 0.374 e. The Bertz CT molecular complexity index is 705. The fraction of sp³-hybridized carbons (Fsp3) is 0.333. The van der Waals surface area contributed by atoms with E-state index in [1.165, 1.54) is 23.1 Å². The van der Waals surface area contributed by atoms with E-state index in [0.29, 0.717) is 15.0 Å². The lowest BCUT2D eigenvalue weighted by atomic mass is 9.87. The lowest BCUT2D eigenvalue weighted by molar-refractivity contribution is -0.117. The van der Waals surface area contributed by atoms with Crippen molar-refractivity contribution in [2.75, 3.05) is 11.5 Å². The molecule has 8 heteroatoms. The molecule has 0 aliphatic carbocycles. The molecule has 2 aromatic rings. The number of nitrogen functional groups attached to an aromatic ring is 1. The van der Waals surface area contributed by atoms with Gasteiger partial charge in [0.25, 0.3) is 5.91 Å². The molecule has 2 rings (SSSR count). The van der Waals surface area contributed by atoms with E-state index in [2.05, 4.69) is 36.3 Å². The standard InChI is InChI=1S/C15H18N4O2S2/c1-15(2,3)10-6-4-9(5-7-10)12(21)17-11(20)8-22-14-19-18-13(16)23-14/h4-7H,8H2,1-3H3,(H2,16,18)(H,17,20,21). The first-order chi connectivity index (χ1) is 10.8. The molecule has 0 unspecified atom stereocenters. The zero-order valence-corrected chi connectivity index (χ0v) is 14.8. The number of carbonyl (C=O) groups excluding carboxylic acids is 2. The number of rotatable bonds is 4. The number of imide groups is 1. The van der Waals surface area contributed by atoms with Crippen molar-refractivity contribution in [2.24, 2.45) is 0 Å². The van der Waals surface area contributed by atoms with E-state index >= 15 is 0 Å². The Morgan fingerprint density at radius 1 is 1.22 bits per heavy atom. The molecule has 122 valence electrons. The number of carbonyl (C=O) groups is 2. The van der Waals surface area contributed by atoms with E-state index in [9.17, 15) is 9.59 Å². The predicted octanol–water partition coefficient (Wildman–Crippen LogP) is 2.47. The average Bonchev–Trinajstić information content (AvgIpc) is 2.90. The van der Waals surface area contributed by atoms with Gasteiger partial charge in [-0.3, -0.25) is 14.9 Å². The Morgan fingerprint density at radius 3 is 2.39 bits per heavy atom. The third kappa shape index (κ3) is 5.04. The van der Waals surface area contributed by atoms with Crippen molar-refractivity contribution >= 4 is 40.0 Å². The molecule has 6 nitrogen and oxygen atoms in total. The number of hydrogen-bond acceptors (Lipinski definition) is 7. The molecular weight excluding hydrogens is 332 g/mol. The number of benzene rings is 1. The van der Waals surface area contributed by atoms with E-state index < -0.39 is 5.91 Å². The van der Waals surface area contributed by atoms with E-state index in [-0.39, 0.29) is 17.1 Å². The molecule has 1 heterocycles. The van der Waals surface area contributed by atoms with E-state index in [1.54, 1.807) is 12.1 Å². The van der Waals surface area contributed by atoms with Crippen molar-refractivity contribution in [3.63, 3.8) is 0 Å². The first kappa shape index (κ1) is 17.4. The van der Waals surface area contributed by atoms with Gasteiger partial charge in [0, 0.05) is 5.56 Å². The molecule has 0 saturated heterocycles. The van der Waals surface area contributed by atoms with Gasteiger partial charge in [0.15, 0.2) is 4.34 Å². The van der Waals surface area contributed by atoms with Crippen LogP contribution in [0.4, 0.5) is 5.13 Å². The normalized spacial score (nSPS) is 11.3. The number of nitrogens with one attached hydrogen (secondary N) is 1. The number of hydrogen-bond donors (Lipinski definition) is 2. The van der Waals surface area contributed by atoms with Crippen LogP contribution in [0.2, 0.25) is 0 Å². The van der Waals surface area contributed by atoms with Gasteiger partial charge in [0.1, 0.15) is 0 Å². The van der Waals surface area contributed by atoms with Crippen LogP contribution in [0.5, 0.6) is 0 Å². The van der Waals surface area contributed by atoms with Gasteiger partial charge >= 0.3 is 0 Å². The summed E-state index contributed by atoms with van der Waals surface area (Å²) in [7, 11) is 0. The highest BCUT2D eigenvalue weighted by atomic mass is 32.2. The number of aromatic nitrogens is 2. The second kappa shape index (κ2) is 7.10. The lowest BCUT2D eigenvalue weighted by Gasteiger charge is -2.18. The second-order valence-corrected chi connectivity index (χ2v) is 8.13. The molecule has 0 spiro atoms. The Labute approximate surface area is 142 Å². The summed E-state index contributed by atoms with van der Waals surface area (Å²) in [6, 6.07) is 7.25. The van der Waals surface area contributed by atoms with Gasteiger partial charge in [-0.15, -0.1) is 10.2 Å². The minimum Gasteiger partial charge on any atom is -0.374 e. The first-order valence-corrected chi connectivity index (χ1v) is 8.72. The highest BCUT2D eigenvalue weighted by Crippen LogP contribution is 2.23. The van der Waals surface area contributed by atoms with Gasteiger partial charge in [-0.2, -0.15) is 0 Å². The fourth-order valence-electron chi connectivity index (χ4n) is 1.76. The summed E-state index contributed by atoms with van der Waals surface area (Å²) in [6.07, 6.45) is 0. The van der Waals surface area contributed by atoms with Gasteiger partial charge in [-0.25, -0.2) is 0 Å². The molecule has 0 bridgehead atoms. The van der Waals surface area contributed by atoms with Crippen LogP contribution in [0.3, 0.4) is 0 Å². The van der Waals surface area contributed by atoms with Gasteiger partial charge in [0.05, 0.1) is 5.75 Å². The minimum atomic E-state index is -0.409. The van der Waals surface area contributed by atoms with Crippen molar-refractivity contribution in [3.05, 3.63) is 35.4 Å². The van der Waals surface area contributed by atoms with Crippen LogP contribution >= 0.6 is 23.1 Å². The fourth-order valence-corrected chi connectivity index (χ4v) is 3.20. The van der Waals surface area contributed by atoms with Gasteiger partial charge in [0.2, 0.25) is 11.0 Å². The van der Waals surface area contributed by atoms with Gasteiger partial charge in [-0.05, 0) is 23.1 Å². The highest BCUT2D eigenvalue weighted by molar-refractivity contribution is 8.01. The molecule has 0 fully saturated rings. The maximum Gasteiger partial charge on any atom is 0.257 e. The number of nitrogens with zero attached hydrogens (tertiary/aromatic N) is 2. The van der Waals surface area contributed by atoms with E-state index in [1.807, 2.05) is 12.1 Å². The summed E-state index contributed by atoms with van der Waals surface area (Å²) in [5.74, 6) is -0.706. The first-order valence-electron chi connectivity index (χ1n) is 6.92. The molecule has 0 radical (unpaired) electrons. The molecule has 23 heavy (non-hydrogen) atoms. The van der Waals surface area contributed by atoms with Crippen LogP contribution in [-0.4, -0.2) is 27.8 Å². The lowest BCUT2D eigenvalue weighted by Crippen LogP contribution is -2.31. The summed E-state index contributed by atoms with van der Waals surface area (Å²) >= 11 is 2.40. The van der Waals surface area contributed by atoms with Crippen LogP contribution < -0.4 is 11.1 Å². The molecule has 3 N–H and O–H groups in total. The maximum atomic E-state index is 12.0. The molecular formula is C15H18N4O2S2. The van der Waals surface area contributed by atoms with E-state index in [0.717, 1.165) is 5.56 Å². The quantitative estimate of drug-likeness (QED) is 0.822. The monoisotopic (exact) mass is 350 g/mol. The average molecular weight is 350 g/mol. The molecule has 0 aliphatic heterocycles. The number of nitrogens with two attached hydrogens (primary N) is 1. The summed E-state index contributed by atoms with van der Waals surface area (Å²) in [6.45, 7) is 6.30. The summed E-state index contributed by atoms with van der Waals surface area (Å²) in [5.41, 5.74) is 7.06. The zero-order chi connectivity index (χ0) is 17.0. The number of amides is 2. The molecule has 0 atom stereocenters. The Morgan fingerprint density at radius 2 is 1.87 bits per heavy atom. The molecule has 1 aromatic heterocycles. The smallest absolute Gasteiger partial charge is 0.257 e. The predicted molar refractivity (Wildman–Crippen MR) is 92.7 cm³/mol. The van der Waals surface area contributed by atoms with Crippen LogP contribution in [0.1, 0.15) is 36.7 Å². The summed E-state index contributed by atoms with van der Waals surface area (Å²) in [5, 5.41) is 10.2. The van der Waals surface area contributed by atoms with Crippen LogP contribution in [0.15, 0.2) is 28.6 Å². The summed E-state index contributed by atoms with van der Waals surface area (Å²) < 4.78 is 0.597. The Hall–Kier alpha value is -1.93. The van der Waals surface area contributed by atoms with Gasteiger partial charge in [-0.1, -0.05) is 56.0 Å². The molecule has 0 saturated carbocycles. The van der Waals surface area contributed by atoms with Crippen LogP contribution in [0, 0.1) is 0 Å². The molecule has 1 aromatic carbocycles. The van der Waals surface area contributed by atoms with Crippen molar-refractivity contribution in [3.8, 4) is 0 Å². The summed E-state index contributed by atoms with van der Waals surface area (Å²) in [4.78, 5) is 23.9. The third-order valence-electron chi connectivity index (χ3n) is 3.01. The molecule has 0 aliphatic rings. The van der Waals surface area contributed by atoms with Crippen molar-refractivity contribution < 1.29 is 9.59 Å². The van der Waals surface area contributed by atoms with Crippen molar-refractivity contribution in [1.82, 2.24) is 15.5 Å². The zero-order valence-electron chi connectivity index (χ0n) is 13.1. The highest BCUT2D eigenvalue weighted by Gasteiger charge is 2.15. The topological polar surface area (TPSA) is 98.0 Å². The van der Waals surface area contributed by atoms with Crippen LogP contribution in [-0.2, 0) is 10.2 Å². The Kier molecular flexibility index (Phi) is 5.38. The van der Waals surface area contributed by atoms with E-state index in [4.69, 9.17) is 5.73 Å². The molecule has 2 amide bonds. The minimum absolute atomic E-state index is 0.0189. The van der Waals surface area contributed by atoms with Crippen LogP contribution in [0.25, 0.3) is 0 Å². The SMILES string of the molecule is CC(C)(C)c1ccc(C(=O)NC(=O)CSc2nnc(N)s2)cc1. The van der Waals surface area contributed by atoms with Crippen molar-refractivity contribution in [2.45, 2.75) is 30.5 Å². The third-order valence-corrected chi connectivity index (χ3v) is 4.90. The number of thioether (sulfide) groups is 1. The van der Waals surface area contributed by atoms with Gasteiger partial charge < -0.3 is 5.73 Å². The number of anilines is 1. The van der Waals surface area contributed by atoms with Crippen molar-refractivity contribution in [1.29, 1.82) is 0 Å². The second-order valence-electron chi connectivity index (χ2n) is 5.90. The maximum absolute atomic E-state index is 12.0. The Balaban J connectivity index is 1.89.